The van der Waals surface area contributed by atoms with Crippen LogP contribution >= 0.6 is 27.3 Å². The topological polar surface area (TPSA) is 81.2 Å². The zero-order valence-corrected chi connectivity index (χ0v) is 18.8. The van der Waals surface area contributed by atoms with Crippen LogP contribution in [0.1, 0.15) is 11.8 Å². The van der Waals surface area contributed by atoms with Crippen molar-refractivity contribution >= 4 is 43.4 Å². The number of hydrogen-bond acceptors (Lipinski definition) is 5. The Hall–Kier alpha value is -2.61. The van der Waals surface area contributed by atoms with Gasteiger partial charge >= 0.3 is 0 Å². The average molecular weight is 507 g/mol. The lowest BCUT2D eigenvalue weighted by Gasteiger charge is -2.42. The maximum Gasteiger partial charge on any atom is 0.263 e. The van der Waals surface area contributed by atoms with E-state index in [0.717, 1.165) is 0 Å². The predicted molar refractivity (Wildman–Crippen MR) is 119 cm³/mol. The highest BCUT2D eigenvalue weighted by molar-refractivity contribution is 9.10. The number of carbonyl (C=O) groups excluding carboxylic acids is 1. The molecule has 6 nitrogen and oxygen atoms in total. The van der Waals surface area contributed by atoms with Gasteiger partial charge in [0.05, 0.1) is 40.7 Å². The van der Waals surface area contributed by atoms with Crippen molar-refractivity contribution in [2.75, 3.05) is 19.6 Å². The highest BCUT2D eigenvalue weighted by Gasteiger charge is 2.41. The van der Waals surface area contributed by atoms with E-state index < -0.39 is 17.0 Å². The van der Waals surface area contributed by atoms with Crippen molar-refractivity contribution in [1.29, 1.82) is 0 Å². The van der Waals surface area contributed by atoms with Gasteiger partial charge in [0.15, 0.2) is 0 Å². The Morgan fingerprint density at radius 2 is 2.16 bits per heavy atom. The van der Waals surface area contributed by atoms with E-state index in [0.29, 0.717) is 26.2 Å². The third-order valence-corrected chi connectivity index (χ3v) is 6.51. The van der Waals surface area contributed by atoms with Crippen molar-refractivity contribution in [2.45, 2.75) is 19.1 Å². The lowest BCUT2D eigenvalue weighted by atomic mass is 9.99. The molecule has 1 aliphatic rings. The summed E-state index contributed by atoms with van der Waals surface area (Å²) in [6.45, 7) is 1.32. The molecule has 31 heavy (non-hydrogen) atoms. The summed E-state index contributed by atoms with van der Waals surface area (Å²) in [6, 6.07) is 4.41. The monoisotopic (exact) mass is 506 g/mol. The van der Waals surface area contributed by atoms with E-state index in [1.807, 2.05) is 0 Å². The molecule has 0 atom stereocenters. The molecule has 4 rings (SSSR count). The maximum atomic E-state index is 13.8. The van der Waals surface area contributed by atoms with Crippen LogP contribution in [0.25, 0.3) is 21.3 Å². The highest BCUT2D eigenvalue weighted by Crippen LogP contribution is 2.37. The molecule has 1 saturated heterocycles. The van der Waals surface area contributed by atoms with Gasteiger partial charge in [0.25, 0.3) is 5.56 Å². The van der Waals surface area contributed by atoms with Crippen LogP contribution in [0.5, 0.6) is 0 Å². The van der Waals surface area contributed by atoms with Crippen LogP contribution in [-0.2, 0) is 11.3 Å². The Morgan fingerprint density at radius 3 is 2.81 bits per heavy atom. The number of amides is 1. The van der Waals surface area contributed by atoms with E-state index in [2.05, 4.69) is 32.8 Å². The minimum absolute atomic E-state index is 0.00237. The number of halogens is 3. The summed E-state index contributed by atoms with van der Waals surface area (Å²) in [4.78, 5) is 32.4. The fourth-order valence-electron chi connectivity index (χ4n) is 3.46. The first-order valence-corrected chi connectivity index (χ1v) is 10.9. The number of nitrogens with two attached hydrogens (primary N) is 1. The second-order valence-corrected chi connectivity index (χ2v) is 9.32. The van der Waals surface area contributed by atoms with Crippen LogP contribution < -0.4 is 11.3 Å². The third-order valence-electron chi connectivity index (χ3n) is 4.89. The Balaban J connectivity index is 1.82. The van der Waals surface area contributed by atoms with Gasteiger partial charge in [0.2, 0.25) is 5.91 Å². The molecule has 10 heteroatoms. The number of alkyl halides is 1. The molecule has 1 aliphatic heterocycles. The van der Waals surface area contributed by atoms with E-state index in [-0.39, 0.29) is 36.6 Å². The van der Waals surface area contributed by atoms with Crippen LogP contribution in [0.2, 0.25) is 0 Å². The van der Waals surface area contributed by atoms with Crippen molar-refractivity contribution < 1.29 is 13.6 Å². The Kier molecular flexibility index (Phi) is 5.68. The van der Waals surface area contributed by atoms with E-state index >= 15 is 0 Å². The molecule has 1 aromatic carbocycles. The van der Waals surface area contributed by atoms with Gasteiger partial charge < -0.3 is 10.6 Å². The fourth-order valence-corrected chi connectivity index (χ4v) is 4.87. The Labute approximate surface area is 188 Å². The van der Waals surface area contributed by atoms with Gasteiger partial charge in [-0.2, -0.15) is 0 Å². The smallest absolute Gasteiger partial charge is 0.263 e. The van der Waals surface area contributed by atoms with Crippen molar-refractivity contribution in [3.05, 3.63) is 50.0 Å². The maximum absolute atomic E-state index is 13.8. The first-order valence-electron chi connectivity index (χ1n) is 9.33. The van der Waals surface area contributed by atoms with Gasteiger partial charge in [0, 0.05) is 5.56 Å². The summed E-state index contributed by atoms with van der Waals surface area (Å²) < 4.78 is 28.9. The normalized spacial score (nSPS) is 14.8. The quantitative estimate of drug-likeness (QED) is 0.553. The SMILES string of the molecule is CC1(F)CN(C(=O)Cn2cnc3sc(C#CCN)c(-c4ccc(F)c(Br)c4)c3c2=O)C1. The lowest BCUT2D eigenvalue weighted by molar-refractivity contribution is -0.144. The number of rotatable bonds is 3. The highest BCUT2D eigenvalue weighted by atomic mass is 79.9. The molecular weight excluding hydrogens is 490 g/mol. The van der Waals surface area contributed by atoms with Crippen molar-refractivity contribution in [3.8, 4) is 23.0 Å². The van der Waals surface area contributed by atoms with E-state index in [4.69, 9.17) is 5.73 Å². The number of nitrogens with zero attached hydrogens (tertiary/aromatic N) is 3. The molecule has 0 saturated carbocycles. The summed E-state index contributed by atoms with van der Waals surface area (Å²) >= 11 is 4.40. The predicted octanol–water partition coefficient (Wildman–Crippen LogP) is 2.91. The molecule has 0 radical (unpaired) electrons. The third kappa shape index (κ3) is 4.13. The second-order valence-electron chi connectivity index (χ2n) is 7.46. The molecule has 0 aliphatic carbocycles. The van der Waals surface area contributed by atoms with Gasteiger partial charge in [-0.15, -0.1) is 11.3 Å². The average Bonchev–Trinajstić information content (AvgIpc) is 3.07. The van der Waals surface area contributed by atoms with Gasteiger partial charge in [0.1, 0.15) is 22.9 Å². The van der Waals surface area contributed by atoms with Crippen molar-refractivity contribution in [1.82, 2.24) is 14.5 Å². The molecule has 160 valence electrons. The fraction of sp³-hybridized carbons (Fsp3) is 0.286. The Bertz CT molecular complexity index is 1310. The minimum Gasteiger partial charge on any atom is -0.335 e. The van der Waals surface area contributed by atoms with Crippen molar-refractivity contribution in [2.24, 2.45) is 5.73 Å². The molecule has 0 spiro atoms. The number of likely N-dealkylation sites (tertiary alicyclic amines) is 1. The van der Waals surface area contributed by atoms with Gasteiger partial charge in [-0.3, -0.25) is 14.2 Å². The molecule has 0 unspecified atom stereocenters. The van der Waals surface area contributed by atoms with Crippen LogP contribution in [0.15, 0.2) is 33.8 Å². The molecule has 1 amide bonds. The summed E-state index contributed by atoms with van der Waals surface area (Å²) in [5, 5.41) is 0.291. The first-order chi connectivity index (χ1) is 14.7. The lowest BCUT2D eigenvalue weighted by Crippen LogP contribution is -2.60. The number of thiophene rings is 1. The molecule has 2 N–H and O–H groups in total. The zero-order chi connectivity index (χ0) is 22.3. The van der Waals surface area contributed by atoms with Crippen LogP contribution in [0.3, 0.4) is 0 Å². The van der Waals surface area contributed by atoms with E-state index in [1.54, 1.807) is 12.1 Å². The van der Waals surface area contributed by atoms with E-state index in [1.165, 1.54) is 40.1 Å². The molecule has 0 bridgehead atoms. The van der Waals surface area contributed by atoms with Gasteiger partial charge in [-0.05, 0) is 40.5 Å². The zero-order valence-electron chi connectivity index (χ0n) is 16.4. The van der Waals surface area contributed by atoms with Crippen LogP contribution in [0, 0.1) is 17.7 Å². The number of carbonyl (C=O) groups is 1. The van der Waals surface area contributed by atoms with Crippen LogP contribution in [-0.4, -0.2) is 45.7 Å². The number of fused-ring (bicyclic) bond motifs is 1. The van der Waals surface area contributed by atoms with Crippen LogP contribution in [0.4, 0.5) is 8.78 Å². The Morgan fingerprint density at radius 1 is 1.42 bits per heavy atom. The van der Waals surface area contributed by atoms with Gasteiger partial charge in [-0.1, -0.05) is 17.9 Å². The van der Waals surface area contributed by atoms with E-state index in [9.17, 15) is 18.4 Å². The summed E-state index contributed by atoms with van der Waals surface area (Å²) in [6.07, 6.45) is 1.30. The number of aromatic nitrogens is 2. The molecule has 1 fully saturated rings. The second kappa shape index (κ2) is 8.15. The van der Waals surface area contributed by atoms with Crippen molar-refractivity contribution in [3.63, 3.8) is 0 Å². The molecule has 3 heterocycles. The molecular formula is C21H17BrF2N4O2S. The number of hydrogen-bond donors (Lipinski definition) is 1. The summed E-state index contributed by atoms with van der Waals surface area (Å²) in [7, 11) is 0. The summed E-state index contributed by atoms with van der Waals surface area (Å²) in [5.74, 6) is 4.94. The minimum atomic E-state index is -1.39. The van der Waals surface area contributed by atoms with Gasteiger partial charge in [-0.25, -0.2) is 13.8 Å². The first kappa shape index (κ1) is 21.6. The number of benzene rings is 1. The molecule has 2 aromatic heterocycles. The molecule has 3 aromatic rings. The summed E-state index contributed by atoms with van der Waals surface area (Å²) in [5.41, 5.74) is 4.79. The standard InChI is InChI=1S/C21H17BrF2N4O2S/c1-21(24)9-28(10-21)16(29)8-27-11-26-19-18(20(27)30)17(15(31-19)3-2-6-25)12-4-5-14(23)13(22)7-12/h4-5,7,11H,6,8-10,25H2,1H3. The largest absolute Gasteiger partial charge is 0.335 e.